The Balaban J connectivity index is 2.42. The van der Waals surface area contributed by atoms with Gasteiger partial charge in [0, 0.05) is 6.54 Å². The molecule has 2 nitrogen and oxygen atoms in total. The number of nitrogens with one attached hydrogen (secondary N) is 1. The number of amidine groups is 1. The molecule has 0 atom stereocenters. The van der Waals surface area contributed by atoms with Gasteiger partial charge >= 0.3 is 0 Å². The maximum absolute atomic E-state index is 4.14. The van der Waals surface area contributed by atoms with E-state index in [-0.39, 0.29) is 0 Å². The van der Waals surface area contributed by atoms with Crippen LogP contribution in [-0.4, -0.2) is 18.9 Å². The summed E-state index contributed by atoms with van der Waals surface area (Å²) in [4.78, 5) is 4.14. The summed E-state index contributed by atoms with van der Waals surface area (Å²) >= 11 is 0. The van der Waals surface area contributed by atoms with Gasteiger partial charge in [-0.25, -0.2) is 0 Å². The molecule has 0 amide bonds. The minimum Gasteiger partial charge on any atom is -0.369 e. The highest BCUT2D eigenvalue weighted by Crippen LogP contribution is 1.86. The van der Waals surface area contributed by atoms with Crippen LogP contribution in [0.3, 0.4) is 0 Å². The van der Waals surface area contributed by atoms with Crippen LogP contribution in [0.5, 0.6) is 0 Å². The standard InChI is InChI=1S/C7H10N2/c1-2-3-4-7-8-5-6-9-7/h2-4H,1,5-6H2,(H,8,9)/b4-3+. The monoisotopic (exact) mass is 122 g/mol. The summed E-state index contributed by atoms with van der Waals surface area (Å²) in [5, 5.41) is 3.11. The maximum atomic E-state index is 4.14. The lowest BCUT2D eigenvalue weighted by atomic mass is 10.4. The van der Waals surface area contributed by atoms with Crippen molar-refractivity contribution in [1.29, 1.82) is 0 Å². The third-order valence-corrected chi connectivity index (χ3v) is 1.09. The minimum atomic E-state index is 0.900. The number of allylic oxidation sites excluding steroid dienone is 2. The molecule has 2 heteroatoms. The third-order valence-electron chi connectivity index (χ3n) is 1.09. The van der Waals surface area contributed by atoms with Gasteiger partial charge in [-0.3, -0.25) is 4.99 Å². The van der Waals surface area contributed by atoms with Crippen molar-refractivity contribution in [3.8, 4) is 0 Å². The van der Waals surface area contributed by atoms with Gasteiger partial charge in [-0.15, -0.1) is 0 Å². The Bertz CT molecular complexity index is 156. The average Bonchev–Trinajstić information content (AvgIpc) is 2.34. The zero-order valence-electron chi connectivity index (χ0n) is 5.30. The fraction of sp³-hybridized carbons (Fsp3) is 0.286. The molecule has 0 aromatic carbocycles. The maximum Gasteiger partial charge on any atom is 0.120 e. The van der Waals surface area contributed by atoms with Gasteiger partial charge in [-0.05, 0) is 6.08 Å². The van der Waals surface area contributed by atoms with Crippen molar-refractivity contribution >= 4 is 5.84 Å². The van der Waals surface area contributed by atoms with E-state index in [1.165, 1.54) is 0 Å². The van der Waals surface area contributed by atoms with Gasteiger partial charge in [0.05, 0.1) is 6.54 Å². The molecule has 0 unspecified atom stereocenters. The molecular weight excluding hydrogens is 112 g/mol. The van der Waals surface area contributed by atoms with Crippen LogP contribution >= 0.6 is 0 Å². The van der Waals surface area contributed by atoms with E-state index in [1.54, 1.807) is 6.08 Å². The first-order valence-corrected chi connectivity index (χ1v) is 3.01. The molecule has 0 spiro atoms. The number of aliphatic imine (C=N–C) groups is 1. The third kappa shape index (κ3) is 1.72. The van der Waals surface area contributed by atoms with Crippen LogP contribution in [0, 0.1) is 0 Å². The van der Waals surface area contributed by atoms with E-state index in [2.05, 4.69) is 16.9 Å². The van der Waals surface area contributed by atoms with Crippen molar-refractivity contribution in [2.24, 2.45) is 4.99 Å². The zero-order chi connectivity index (χ0) is 6.53. The van der Waals surface area contributed by atoms with Crippen LogP contribution in [0.15, 0.2) is 29.8 Å². The highest BCUT2D eigenvalue weighted by atomic mass is 15.1. The van der Waals surface area contributed by atoms with E-state index in [0.29, 0.717) is 0 Å². The molecule has 0 bridgehead atoms. The molecule has 1 aliphatic rings. The molecule has 0 aromatic rings. The Kier molecular flexibility index (Phi) is 2.07. The lowest BCUT2D eigenvalue weighted by molar-refractivity contribution is 0.961. The molecular formula is C7H10N2. The van der Waals surface area contributed by atoms with Crippen LogP contribution in [-0.2, 0) is 0 Å². The Morgan fingerprint density at radius 3 is 3.11 bits per heavy atom. The molecule has 1 N–H and O–H groups in total. The molecule has 1 aliphatic heterocycles. The van der Waals surface area contributed by atoms with Crippen LogP contribution in [0.4, 0.5) is 0 Å². The first-order chi connectivity index (χ1) is 4.43. The van der Waals surface area contributed by atoms with Gasteiger partial charge in [0.1, 0.15) is 5.84 Å². The van der Waals surface area contributed by atoms with Crippen molar-refractivity contribution < 1.29 is 0 Å². The summed E-state index contributed by atoms with van der Waals surface area (Å²) in [5.41, 5.74) is 0. The summed E-state index contributed by atoms with van der Waals surface area (Å²) in [6.07, 6.45) is 5.53. The predicted octanol–water partition coefficient (Wildman–Crippen LogP) is 0.730. The number of hydrogen-bond acceptors (Lipinski definition) is 2. The van der Waals surface area contributed by atoms with Gasteiger partial charge < -0.3 is 5.32 Å². The van der Waals surface area contributed by atoms with Crippen molar-refractivity contribution in [2.45, 2.75) is 0 Å². The highest BCUT2D eigenvalue weighted by Gasteiger charge is 1.97. The van der Waals surface area contributed by atoms with E-state index in [4.69, 9.17) is 0 Å². The Morgan fingerprint density at radius 2 is 2.56 bits per heavy atom. The molecule has 48 valence electrons. The van der Waals surface area contributed by atoms with Gasteiger partial charge in [0.2, 0.25) is 0 Å². The number of rotatable bonds is 2. The van der Waals surface area contributed by atoms with Gasteiger partial charge in [0.25, 0.3) is 0 Å². The van der Waals surface area contributed by atoms with Crippen LogP contribution in [0.2, 0.25) is 0 Å². The largest absolute Gasteiger partial charge is 0.369 e. The molecule has 0 aromatic heterocycles. The van der Waals surface area contributed by atoms with Crippen molar-refractivity contribution in [2.75, 3.05) is 13.1 Å². The van der Waals surface area contributed by atoms with E-state index in [0.717, 1.165) is 18.9 Å². The molecule has 0 fully saturated rings. The number of nitrogens with zero attached hydrogens (tertiary/aromatic N) is 1. The summed E-state index contributed by atoms with van der Waals surface area (Å²) in [7, 11) is 0. The first-order valence-electron chi connectivity index (χ1n) is 3.01. The summed E-state index contributed by atoms with van der Waals surface area (Å²) in [5.74, 6) is 0.968. The fourth-order valence-corrected chi connectivity index (χ4v) is 0.687. The summed E-state index contributed by atoms with van der Waals surface area (Å²) in [6, 6.07) is 0. The molecule has 0 radical (unpaired) electrons. The molecule has 1 rings (SSSR count). The second-order valence-corrected chi connectivity index (χ2v) is 1.79. The van der Waals surface area contributed by atoms with Gasteiger partial charge in [-0.1, -0.05) is 18.7 Å². The SMILES string of the molecule is C=C/C=C/C1=NCCN1. The molecule has 0 saturated heterocycles. The smallest absolute Gasteiger partial charge is 0.120 e. The second kappa shape index (κ2) is 3.07. The van der Waals surface area contributed by atoms with E-state index in [1.807, 2.05) is 12.2 Å². The second-order valence-electron chi connectivity index (χ2n) is 1.79. The Hall–Kier alpha value is -1.05. The zero-order valence-corrected chi connectivity index (χ0v) is 5.30. The van der Waals surface area contributed by atoms with Crippen LogP contribution < -0.4 is 5.32 Å². The molecule has 9 heavy (non-hydrogen) atoms. The summed E-state index contributed by atoms with van der Waals surface area (Å²) < 4.78 is 0. The Labute approximate surface area is 55.0 Å². The lowest BCUT2D eigenvalue weighted by Gasteiger charge is -1.89. The van der Waals surface area contributed by atoms with Crippen LogP contribution in [0.25, 0.3) is 0 Å². The normalized spacial score (nSPS) is 17.6. The topological polar surface area (TPSA) is 24.4 Å². The molecule has 0 aliphatic carbocycles. The quantitative estimate of drug-likeness (QED) is 0.536. The Morgan fingerprint density at radius 1 is 1.67 bits per heavy atom. The lowest BCUT2D eigenvalue weighted by Crippen LogP contribution is -2.15. The molecule has 0 saturated carbocycles. The first kappa shape index (κ1) is 6.08. The van der Waals surface area contributed by atoms with E-state index in [9.17, 15) is 0 Å². The average molecular weight is 122 g/mol. The van der Waals surface area contributed by atoms with Crippen molar-refractivity contribution in [1.82, 2.24) is 5.32 Å². The molecule has 1 heterocycles. The van der Waals surface area contributed by atoms with Crippen molar-refractivity contribution in [3.05, 3.63) is 24.8 Å². The van der Waals surface area contributed by atoms with E-state index >= 15 is 0 Å². The van der Waals surface area contributed by atoms with E-state index < -0.39 is 0 Å². The van der Waals surface area contributed by atoms with Crippen LogP contribution in [0.1, 0.15) is 0 Å². The summed E-state index contributed by atoms with van der Waals surface area (Å²) in [6.45, 7) is 5.42. The number of hydrogen-bond donors (Lipinski definition) is 1. The van der Waals surface area contributed by atoms with Gasteiger partial charge in [0.15, 0.2) is 0 Å². The minimum absolute atomic E-state index is 0.900. The predicted molar refractivity (Wildman–Crippen MR) is 39.6 cm³/mol. The highest BCUT2D eigenvalue weighted by molar-refractivity contribution is 5.94. The fourth-order valence-electron chi connectivity index (χ4n) is 0.687. The van der Waals surface area contributed by atoms with Crippen molar-refractivity contribution in [3.63, 3.8) is 0 Å². The van der Waals surface area contributed by atoms with Gasteiger partial charge in [-0.2, -0.15) is 0 Å².